The van der Waals surface area contributed by atoms with Gasteiger partial charge < -0.3 is 14.5 Å². The van der Waals surface area contributed by atoms with Gasteiger partial charge in [0.1, 0.15) is 5.75 Å². The summed E-state index contributed by atoms with van der Waals surface area (Å²) in [6.07, 6.45) is 9.68. The number of aromatic amines is 1. The molecule has 1 aromatic heterocycles. The molecule has 0 radical (unpaired) electrons. The zero-order valence-electron chi connectivity index (χ0n) is 19.9. The molecule has 2 fully saturated rings. The van der Waals surface area contributed by atoms with Crippen molar-refractivity contribution in [2.45, 2.75) is 70.9 Å². The van der Waals surface area contributed by atoms with Crippen molar-refractivity contribution in [3.8, 4) is 5.75 Å². The number of carbonyl (C=O) groups is 1. The lowest BCUT2D eigenvalue weighted by Crippen LogP contribution is -2.31. The molecule has 0 unspecified atom stereocenters. The summed E-state index contributed by atoms with van der Waals surface area (Å²) in [6, 6.07) is 8.06. The number of amides is 1. The summed E-state index contributed by atoms with van der Waals surface area (Å²) in [5.74, 6) is 1.69. The Morgan fingerprint density at radius 1 is 1.25 bits per heavy atom. The highest BCUT2D eigenvalue weighted by atomic mass is 16.5. The highest BCUT2D eigenvalue weighted by molar-refractivity contribution is 5.79. The van der Waals surface area contributed by atoms with Crippen LogP contribution in [0.4, 0.5) is 0 Å². The van der Waals surface area contributed by atoms with E-state index in [4.69, 9.17) is 4.74 Å². The molecule has 174 valence electrons. The molecule has 2 aromatic rings. The molecule has 6 nitrogen and oxygen atoms in total. The van der Waals surface area contributed by atoms with E-state index < -0.39 is 0 Å². The highest BCUT2D eigenvalue weighted by Crippen LogP contribution is 2.49. The number of nitrogens with zero attached hydrogens (tertiary/aromatic N) is 3. The van der Waals surface area contributed by atoms with Gasteiger partial charge in [0, 0.05) is 43.2 Å². The van der Waals surface area contributed by atoms with E-state index in [1.54, 1.807) is 7.11 Å². The standard InChI is InChI=1S/C26H38N4O2/c1-4-5-14-29(2)18-22-16-27-28-25(22)21-10-12-26(13-11-21)15-24(31)30(19-26)17-20-6-8-23(32-3)9-7-20/h6-9,16,21H,4-5,10-15,17-19H2,1-3H3,(H,27,28). The Morgan fingerprint density at radius 3 is 2.69 bits per heavy atom. The van der Waals surface area contributed by atoms with Gasteiger partial charge in [-0.05, 0) is 68.8 Å². The second kappa shape index (κ2) is 10.1. The van der Waals surface area contributed by atoms with Gasteiger partial charge in [-0.2, -0.15) is 5.10 Å². The molecular weight excluding hydrogens is 400 g/mol. The van der Waals surface area contributed by atoms with Crippen LogP contribution in [0.15, 0.2) is 30.5 Å². The smallest absolute Gasteiger partial charge is 0.223 e. The minimum absolute atomic E-state index is 0.151. The lowest BCUT2D eigenvalue weighted by molar-refractivity contribution is -0.128. The normalized spacial score (nSPS) is 23.4. The number of rotatable bonds is 9. The maximum Gasteiger partial charge on any atom is 0.223 e. The highest BCUT2D eigenvalue weighted by Gasteiger charge is 2.45. The van der Waals surface area contributed by atoms with E-state index in [1.165, 1.54) is 29.7 Å². The summed E-state index contributed by atoms with van der Waals surface area (Å²) in [4.78, 5) is 17.3. The Bertz CT molecular complexity index is 883. The van der Waals surface area contributed by atoms with Crippen LogP contribution in [0.3, 0.4) is 0 Å². The first-order chi connectivity index (χ1) is 15.5. The van der Waals surface area contributed by atoms with Crippen molar-refractivity contribution in [3.05, 3.63) is 47.3 Å². The Balaban J connectivity index is 1.33. The number of hydrogen-bond acceptors (Lipinski definition) is 4. The summed E-state index contributed by atoms with van der Waals surface area (Å²) >= 11 is 0. The Hall–Kier alpha value is -2.34. The molecule has 6 heteroatoms. The minimum Gasteiger partial charge on any atom is -0.497 e. The topological polar surface area (TPSA) is 61.5 Å². The number of hydrogen-bond donors (Lipinski definition) is 1. The van der Waals surface area contributed by atoms with Gasteiger partial charge in [-0.15, -0.1) is 0 Å². The molecule has 1 amide bonds. The lowest BCUT2D eigenvalue weighted by atomic mass is 9.69. The molecule has 1 aliphatic carbocycles. The molecule has 4 rings (SSSR count). The van der Waals surface area contributed by atoms with E-state index in [0.29, 0.717) is 24.8 Å². The van der Waals surface area contributed by atoms with Gasteiger partial charge in [0.2, 0.25) is 5.91 Å². The summed E-state index contributed by atoms with van der Waals surface area (Å²) < 4.78 is 5.25. The van der Waals surface area contributed by atoms with Crippen LogP contribution >= 0.6 is 0 Å². The second-order valence-corrected chi connectivity index (χ2v) is 9.95. The number of unbranched alkanes of at least 4 members (excludes halogenated alkanes) is 1. The van der Waals surface area contributed by atoms with Crippen molar-refractivity contribution in [2.75, 3.05) is 27.2 Å². The molecular formula is C26H38N4O2. The van der Waals surface area contributed by atoms with Crippen molar-refractivity contribution in [3.63, 3.8) is 0 Å². The van der Waals surface area contributed by atoms with E-state index in [9.17, 15) is 4.79 Å². The third-order valence-electron chi connectivity index (χ3n) is 7.48. The van der Waals surface area contributed by atoms with Gasteiger partial charge in [-0.3, -0.25) is 9.89 Å². The maximum atomic E-state index is 12.8. The molecule has 1 aromatic carbocycles. The van der Waals surface area contributed by atoms with Crippen LogP contribution < -0.4 is 4.74 Å². The Labute approximate surface area is 192 Å². The molecule has 2 heterocycles. The quantitative estimate of drug-likeness (QED) is 0.615. The SMILES string of the molecule is CCCCN(C)Cc1cn[nH]c1C1CCC2(CC1)CC(=O)N(Cc1ccc(OC)cc1)C2. The lowest BCUT2D eigenvalue weighted by Gasteiger charge is -2.36. The average Bonchev–Trinajstić information content (AvgIpc) is 3.37. The predicted octanol–water partition coefficient (Wildman–Crippen LogP) is 4.73. The summed E-state index contributed by atoms with van der Waals surface area (Å²) in [7, 11) is 3.87. The largest absolute Gasteiger partial charge is 0.497 e. The Kier molecular flexibility index (Phi) is 7.19. The van der Waals surface area contributed by atoms with Crippen LogP contribution in [0.5, 0.6) is 5.75 Å². The van der Waals surface area contributed by atoms with Crippen molar-refractivity contribution in [2.24, 2.45) is 5.41 Å². The minimum atomic E-state index is 0.151. The maximum absolute atomic E-state index is 12.8. The average molecular weight is 439 g/mol. The van der Waals surface area contributed by atoms with E-state index in [-0.39, 0.29) is 5.41 Å². The Morgan fingerprint density at radius 2 is 2.00 bits per heavy atom. The molecule has 32 heavy (non-hydrogen) atoms. The van der Waals surface area contributed by atoms with Crippen LogP contribution in [0.1, 0.15) is 74.6 Å². The molecule has 0 bridgehead atoms. The molecule has 2 aliphatic rings. The first-order valence-corrected chi connectivity index (χ1v) is 12.1. The van der Waals surface area contributed by atoms with Crippen molar-refractivity contribution < 1.29 is 9.53 Å². The van der Waals surface area contributed by atoms with Gasteiger partial charge in [-0.1, -0.05) is 25.5 Å². The molecule has 1 saturated heterocycles. The van der Waals surface area contributed by atoms with Crippen LogP contribution in [0.25, 0.3) is 0 Å². The fourth-order valence-electron chi connectivity index (χ4n) is 5.53. The summed E-state index contributed by atoms with van der Waals surface area (Å²) in [5, 5.41) is 7.69. The van der Waals surface area contributed by atoms with Crippen LogP contribution in [0, 0.1) is 5.41 Å². The van der Waals surface area contributed by atoms with Crippen LogP contribution in [-0.2, 0) is 17.9 Å². The van der Waals surface area contributed by atoms with Gasteiger partial charge in [0.25, 0.3) is 0 Å². The molecule has 1 spiro atoms. The summed E-state index contributed by atoms with van der Waals surface area (Å²) in [5.41, 5.74) is 3.98. The van der Waals surface area contributed by atoms with Crippen LogP contribution in [0.2, 0.25) is 0 Å². The van der Waals surface area contributed by atoms with Crippen molar-refractivity contribution in [1.82, 2.24) is 20.0 Å². The van der Waals surface area contributed by atoms with Gasteiger partial charge >= 0.3 is 0 Å². The molecule has 1 saturated carbocycles. The number of H-pyrrole nitrogens is 1. The first kappa shape index (κ1) is 22.8. The third kappa shape index (κ3) is 5.17. The van der Waals surface area contributed by atoms with E-state index in [1.807, 2.05) is 18.3 Å². The zero-order chi connectivity index (χ0) is 22.6. The van der Waals surface area contributed by atoms with Gasteiger partial charge in [0.05, 0.1) is 13.3 Å². The van der Waals surface area contributed by atoms with Crippen molar-refractivity contribution in [1.29, 1.82) is 0 Å². The monoisotopic (exact) mass is 438 g/mol. The third-order valence-corrected chi connectivity index (χ3v) is 7.48. The second-order valence-electron chi connectivity index (χ2n) is 9.95. The molecule has 0 atom stereocenters. The van der Waals surface area contributed by atoms with E-state index in [2.05, 4.69) is 46.1 Å². The van der Waals surface area contributed by atoms with Gasteiger partial charge in [0.15, 0.2) is 0 Å². The number of likely N-dealkylation sites (tertiary alicyclic amines) is 1. The first-order valence-electron chi connectivity index (χ1n) is 12.1. The van der Waals surface area contributed by atoms with E-state index in [0.717, 1.165) is 51.1 Å². The number of carbonyl (C=O) groups excluding carboxylic acids is 1. The predicted molar refractivity (Wildman–Crippen MR) is 126 cm³/mol. The fraction of sp³-hybridized carbons (Fsp3) is 0.615. The summed E-state index contributed by atoms with van der Waals surface area (Å²) in [6.45, 7) is 5.91. The number of methoxy groups -OCH3 is 1. The molecule has 1 N–H and O–H groups in total. The zero-order valence-corrected chi connectivity index (χ0v) is 19.9. The molecule has 1 aliphatic heterocycles. The number of ether oxygens (including phenoxy) is 1. The van der Waals surface area contributed by atoms with Crippen molar-refractivity contribution >= 4 is 5.91 Å². The fourth-order valence-corrected chi connectivity index (χ4v) is 5.53. The number of aromatic nitrogens is 2. The number of nitrogens with one attached hydrogen (secondary N) is 1. The van der Waals surface area contributed by atoms with Gasteiger partial charge in [-0.25, -0.2) is 0 Å². The number of benzene rings is 1. The van der Waals surface area contributed by atoms with Crippen LogP contribution in [-0.4, -0.2) is 53.2 Å². The van der Waals surface area contributed by atoms with E-state index >= 15 is 0 Å².